The van der Waals surface area contributed by atoms with Crippen molar-refractivity contribution in [2.75, 3.05) is 12.0 Å². The molecule has 0 radical (unpaired) electrons. The highest BCUT2D eigenvalue weighted by atomic mass is 32.2. The molecule has 0 heterocycles. The molecule has 1 rings (SSSR count). The van der Waals surface area contributed by atoms with Crippen molar-refractivity contribution >= 4 is 11.8 Å². The maximum Gasteiger partial charge on any atom is 0.0588 e. The highest BCUT2D eigenvalue weighted by molar-refractivity contribution is 7.98. The number of benzene rings is 1. The summed E-state index contributed by atoms with van der Waals surface area (Å²) in [4.78, 5) is 0. The van der Waals surface area contributed by atoms with Crippen molar-refractivity contribution < 1.29 is 5.11 Å². The Morgan fingerprint density at radius 3 is 2.31 bits per heavy atom. The second-order valence-corrected chi connectivity index (χ2v) is 5.52. The predicted octanol–water partition coefficient (Wildman–Crippen LogP) is 3.47. The summed E-state index contributed by atoms with van der Waals surface area (Å²) in [7, 11) is 0. The third-order valence-electron chi connectivity index (χ3n) is 2.77. The normalized spacial score (nSPS) is 13.1. The van der Waals surface area contributed by atoms with Crippen molar-refractivity contribution in [2.45, 2.75) is 38.7 Å². The molecule has 0 saturated carbocycles. The lowest BCUT2D eigenvalue weighted by Gasteiger charge is -2.11. The van der Waals surface area contributed by atoms with Crippen LogP contribution < -0.4 is 0 Å². The van der Waals surface area contributed by atoms with Crippen molar-refractivity contribution in [3.8, 4) is 0 Å². The molecule has 90 valence electrons. The minimum atomic E-state index is -0.197. The van der Waals surface area contributed by atoms with Crippen LogP contribution >= 0.6 is 11.8 Å². The van der Waals surface area contributed by atoms with Gasteiger partial charge in [-0.3, -0.25) is 0 Å². The fraction of sp³-hybridized carbons (Fsp3) is 0.571. The Kier molecular flexibility index (Phi) is 5.93. The Hall–Kier alpha value is -0.470. The van der Waals surface area contributed by atoms with Gasteiger partial charge in [0.05, 0.1) is 6.10 Å². The van der Waals surface area contributed by atoms with Crippen LogP contribution in [0, 0.1) is 0 Å². The standard InChI is InChI=1S/C14H22OS/c1-11(2)13-6-4-12(5-7-13)10-14(15)8-9-16-3/h4-7,11,14-15H,8-10H2,1-3H3. The molecule has 1 atom stereocenters. The SMILES string of the molecule is CSCCC(O)Cc1ccc(C(C)C)cc1. The average Bonchev–Trinajstić information content (AvgIpc) is 2.27. The summed E-state index contributed by atoms with van der Waals surface area (Å²) in [5, 5.41) is 9.80. The lowest BCUT2D eigenvalue weighted by molar-refractivity contribution is 0.172. The summed E-state index contributed by atoms with van der Waals surface area (Å²) in [6.07, 6.45) is 3.54. The molecule has 0 bridgehead atoms. The van der Waals surface area contributed by atoms with E-state index in [2.05, 4.69) is 44.4 Å². The van der Waals surface area contributed by atoms with Crippen LogP contribution in [0.3, 0.4) is 0 Å². The van der Waals surface area contributed by atoms with Gasteiger partial charge in [0.2, 0.25) is 0 Å². The molecular weight excluding hydrogens is 216 g/mol. The monoisotopic (exact) mass is 238 g/mol. The number of hydrogen-bond acceptors (Lipinski definition) is 2. The maximum absolute atomic E-state index is 9.80. The Morgan fingerprint density at radius 1 is 1.19 bits per heavy atom. The van der Waals surface area contributed by atoms with Crippen LogP contribution in [0.25, 0.3) is 0 Å². The van der Waals surface area contributed by atoms with Crippen LogP contribution in [-0.4, -0.2) is 23.2 Å². The van der Waals surface area contributed by atoms with E-state index in [9.17, 15) is 5.11 Å². The van der Waals surface area contributed by atoms with Gasteiger partial charge in [-0.05, 0) is 41.9 Å². The van der Waals surface area contributed by atoms with Gasteiger partial charge < -0.3 is 5.11 Å². The van der Waals surface area contributed by atoms with Crippen LogP contribution in [0.15, 0.2) is 24.3 Å². The molecule has 1 unspecified atom stereocenters. The molecule has 0 aliphatic rings. The smallest absolute Gasteiger partial charge is 0.0588 e. The second kappa shape index (κ2) is 6.97. The van der Waals surface area contributed by atoms with E-state index >= 15 is 0 Å². The van der Waals surface area contributed by atoms with Gasteiger partial charge in [-0.1, -0.05) is 38.1 Å². The molecule has 1 aromatic carbocycles. The molecule has 0 aromatic heterocycles. The van der Waals surface area contributed by atoms with Crippen molar-refractivity contribution in [3.63, 3.8) is 0 Å². The Morgan fingerprint density at radius 2 is 1.81 bits per heavy atom. The first kappa shape index (κ1) is 13.6. The van der Waals surface area contributed by atoms with E-state index in [4.69, 9.17) is 0 Å². The topological polar surface area (TPSA) is 20.2 Å². The lowest BCUT2D eigenvalue weighted by atomic mass is 9.99. The quantitative estimate of drug-likeness (QED) is 0.819. The zero-order valence-corrected chi connectivity index (χ0v) is 11.3. The van der Waals surface area contributed by atoms with Gasteiger partial charge in [0.25, 0.3) is 0 Å². The Labute approximate surface area is 103 Å². The van der Waals surface area contributed by atoms with Gasteiger partial charge in [0.15, 0.2) is 0 Å². The van der Waals surface area contributed by atoms with E-state index in [0.29, 0.717) is 5.92 Å². The zero-order chi connectivity index (χ0) is 12.0. The molecule has 0 amide bonds. The molecule has 2 heteroatoms. The van der Waals surface area contributed by atoms with Crippen molar-refractivity contribution in [3.05, 3.63) is 35.4 Å². The van der Waals surface area contributed by atoms with Crippen LogP contribution in [0.5, 0.6) is 0 Å². The maximum atomic E-state index is 9.80. The third-order valence-corrected chi connectivity index (χ3v) is 3.42. The summed E-state index contributed by atoms with van der Waals surface area (Å²) < 4.78 is 0. The Bertz CT molecular complexity index is 292. The van der Waals surface area contributed by atoms with Crippen LogP contribution in [0.1, 0.15) is 37.3 Å². The summed E-state index contributed by atoms with van der Waals surface area (Å²) in [6, 6.07) is 8.61. The first-order chi connectivity index (χ1) is 7.63. The van der Waals surface area contributed by atoms with Crippen LogP contribution in [-0.2, 0) is 6.42 Å². The summed E-state index contributed by atoms with van der Waals surface area (Å²) in [6.45, 7) is 4.39. The lowest BCUT2D eigenvalue weighted by Crippen LogP contribution is -2.11. The summed E-state index contributed by atoms with van der Waals surface area (Å²) in [5.41, 5.74) is 2.60. The molecule has 1 nitrogen and oxygen atoms in total. The van der Waals surface area contributed by atoms with E-state index in [1.165, 1.54) is 11.1 Å². The van der Waals surface area contributed by atoms with E-state index in [-0.39, 0.29) is 6.10 Å². The average molecular weight is 238 g/mol. The van der Waals surface area contributed by atoms with Gasteiger partial charge >= 0.3 is 0 Å². The van der Waals surface area contributed by atoms with Gasteiger partial charge in [-0.25, -0.2) is 0 Å². The fourth-order valence-electron chi connectivity index (χ4n) is 1.67. The van der Waals surface area contributed by atoms with Gasteiger partial charge in [0, 0.05) is 0 Å². The van der Waals surface area contributed by atoms with E-state index in [1.54, 1.807) is 11.8 Å². The number of aliphatic hydroxyl groups is 1. The van der Waals surface area contributed by atoms with Crippen molar-refractivity contribution in [1.29, 1.82) is 0 Å². The first-order valence-corrected chi connectivity index (χ1v) is 7.28. The fourth-order valence-corrected chi connectivity index (χ4v) is 2.17. The number of hydrogen-bond donors (Lipinski definition) is 1. The van der Waals surface area contributed by atoms with Crippen molar-refractivity contribution in [1.82, 2.24) is 0 Å². The molecule has 0 saturated heterocycles. The number of aliphatic hydroxyl groups excluding tert-OH is 1. The molecule has 0 aliphatic heterocycles. The molecule has 1 N–H and O–H groups in total. The molecule has 16 heavy (non-hydrogen) atoms. The van der Waals surface area contributed by atoms with Gasteiger partial charge in [-0.2, -0.15) is 11.8 Å². The summed E-state index contributed by atoms with van der Waals surface area (Å²) >= 11 is 1.79. The first-order valence-electron chi connectivity index (χ1n) is 5.89. The summed E-state index contributed by atoms with van der Waals surface area (Å²) in [5.74, 6) is 1.61. The van der Waals surface area contributed by atoms with E-state index in [0.717, 1.165) is 18.6 Å². The molecule has 1 aromatic rings. The second-order valence-electron chi connectivity index (χ2n) is 4.54. The van der Waals surface area contributed by atoms with Crippen LogP contribution in [0.2, 0.25) is 0 Å². The van der Waals surface area contributed by atoms with Gasteiger partial charge in [-0.15, -0.1) is 0 Å². The zero-order valence-electron chi connectivity index (χ0n) is 10.4. The van der Waals surface area contributed by atoms with E-state index < -0.39 is 0 Å². The Balaban J connectivity index is 2.48. The van der Waals surface area contributed by atoms with Crippen molar-refractivity contribution in [2.24, 2.45) is 0 Å². The largest absolute Gasteiger partial charge is 0.393 e. The number of rotatable bonds is 6. The highest BCUT2D eigenvalue weighted by Crippen LogP contribution is 2.16. The minimum Gasteiger partial charge on any atom is -0.393 e. The number of thioether (sulfide) groups is 1. The van der Waals surface area contributed by atoms with Crippen LogP contribution in [0.4, 0.5) is 0 Å². The van der Waals surface area contributed by atoms with E-state index in [1.807, 2.05) is 0 Å². The predicted molar refractivity (Wildman–Crippen MR) is 73.2 cm³/mol. The molecule has 0 spiro atoms. The molecular formula is C14H22OS. The molecule has 0 fully saturated rings. The highest BCUT2D eigenvalue weighted by Gasteiger charge is 2.05. The third kappa shape index (κ3) is 4.58. The molecule has 0 aliphatic carbocycles. The van der Waals surface area contributed by atoms with Gasteiger partial charge in [0.1, 0.15) is 0 Å². The minimum absolute atomic E-state index is 0.197.